The summed E-state index contributed by atoms with van der Waals surface area (Å²) in [4.78, 5) is 24.9. The largest absolute Gasteiger partial charge is 0.475 e. The van der Waals surface area contributed by atoms with E-state index >= 15 is 0 Å². The Morgan fingerprint density at radius 3 is 2.76 bits per heavy atom. The van der Waals surface area contributed by atoms with Crippen molar-refractivity contribution in [2.75, 3.05) is 0 Å². The quantitative estimate of drug-likeness (QED) is 0.762. The molecule has 0 aliphatic rings. The Labute approximate surface area is 145 Å². The standard InChI is InChI=1S/C17H20N6O2/c1-10(2)25-14-6-5-13(8-18-14)9-19-16(24)15-21-17-20-11(3)7-12(4)23(17)22-15/h5-8,10H,9H2,1-4H3,(H,19,24). The molecule has 0 spiro atoms. The molecule has 0 unspecified atom stereocenters. The highest BCUT2D eigenvalue weighted by Gasteiger charge is 2.14. The fraction of sp³-hybridized carbons (Fsp3) is 0.353. The summed E-state index contributed by atoms with van der Waals surface area (Å²) in [5.41, 5.74) is 2.57. The van der Waals surface area contributed by atoms with Crippen molar-refractivity contribution in [1.29, 1.82) is 0 Å². The predicted molar refractivity (Wildman–Crippen MR) is 91.4 cm³/mol. The lowest BCUT2D eigenvalue weighted by Crippen LogP contribution is -2.24. The number of pyridine rings is 1. The van der Waals surface area contributed by atoms with Crippen molar-refractivity contribution >= 4 is 11.7 Å². The van der Waals surface area contributed by atoms with Crippen molar-refractivity contribution in [3.05, 3.63) is 47.2 Å². The highest BCUT2D eigenvalue weighted by atomic mass is 16.5. The summed E-state index contributed by atoms with van der Waals surface area (Å²) < 4.78 is 7.05. The van der Waals surface area contributed by atoms with Gasteiger partial charge in [0, 0.05) is 30.2 Å². The molecule has 0 bridgehead atoms. The molecule has 0 aliphatic carbocycles. The van der Waals surface area contributed by atoms with E-state index in [1.807, 2.05) is 39.8 Å². The number of hydrogen-bond donors (Lipinski definition) is 1. The smallest absolute Gasteiger partial charge is 0.291 e. The number of hydrogen-bond acceptors (Lipinski definition) is 6. The second kappa shape index (κ2) is 6.84. The summed E-state index contributed by atoms with van der Waals surface area (Å²) in [6.07, 6.45) is 1.74. The van der Waals surface area contributed by atoms with Gasteiger partial charge in [0.1, 0.15) is 0 Å². The van der Waals surface area contributed by atoms with Gasteiger partial charge in [-0.2, -0.15) is 4.98 Å². The third kappa shape index (κ3) is 3.90. The SMILES string of the molecule is Cc1cc(C)n2nc(C(=O)NCc3ccc(OC(C)C)nc3)nc2n1. The monoisotopic (exact) mass is 340 g/mol. The van der Waals surface area contributed by atoms with Crippen LogP contribution in [0.1, 0.15) is 41.4 Å². The highest BCUT2D eigenvalue weighted by Crippen LogP contribution is 2.10. The van der Waals surface area contributed by atoms with E-state index < -0.39 is 0 Å². The Kier molecular flexibility index (Phi) is 4.60. The van der Waals surface area contributed by atoms with Gasteiger partial charge in [-0.15, -0.1) is 5.10 Å². The lowest BCUT2D eigenvalue weighted by Gasteiger charge is -2.09. The van der Waals surface area contributed by atoms with E-state index in [1.54, 1.807) is 16.8 Å². The van der Waals surface area contributed by atoms with Crippen molar-refractivity contribution in [2.24, 2.45) is 0 Å². The maximum absolute atomic E-state index is 12.3. The van der Waals surface area contributed by atoms with Gasteiger partial charge in [0.2, 0.25) is 11.7 Å². The van der Waals surface area contributed by atoms with Crippen LogP contribution in [0.25, 0.3) is 5.78 Å². The second-order valence-electron chi connectivity index (χ2n) is 6.04. The van der Waals surface area contributed by atoms with Crippen LogP contribution in [0, 0.1) is 13.8 Å². The summed E-state index contributed by atoms with van der Waals surface area (Å²) in [5, 5.41) is 6.99. The van der Waals surface area contributed by atoms with E-state index in [-0.39, 0.29) is 17.8 Å². The van der Waals surface area contributed by atoms with Gasteiger partial charge in [-0.25, -0.2) is 14.5 Å². The molecule has 3 heterocycles. The third-order valence-electron chi connectivity index (χ3n) is 3.43. The molecule has 3 aromatic heterocycles. The molecule has 0 atom stereocenters. The summed E-state index contributed by atoms with van der Waals surface area (Å²) in [6.45, 7) is 7.98. The van der Waals surface area contributed by atoms with Crippen molar-refractivity contribution in [1.82, 2.24) is 29.9 Å². The summed E-state index contributed by atoms with van der Waals surface area (Å²) >= 11 is 0. The molecule has 0 aliphatic heterocycles. The number of aryl methyl sites for hydroxylation is 2. The molecule has 1 N–H and O–H groups in total. The Morgan fingerprint density at radius 1 is 1.28 bits per heavy atom. The van der Waals surface area contributed by atoms with E-state index in [0.717, 1.165) is 17.0 Å². The van der Waals surface area contributed by atoms with Crippen LogP contribution in [0.4, 0.5) is 0 Å². The molecule has 8 nitrogen and oxygen atoms in total. The normalized spacial score (nSPS) is 11.1. The zero-order valence-electron chi connectivity index (χ0n) is 14.6. The number of carbonyl (C=O) groups excluding carboxylic acids is 1. The van der Waals surface area contributed by atoms with Gasteiger partial charge in [-0.05, 0) is 39.3 Å². The molecule has 8 heteroatoms. The van der Waals surface area contributed by atoms with Crippen LogP contribution in [-0.4, -0.2) is 36.6 Å². The summed E-state index contributed by atoms with van der Waals surface area (Å²) in [7, 11) is 0. The van der Waals surface area contributed by atoms with E-state index in [4.69, 9.17) is 4.74 Å². The molecule has 3 rings (SSSR count). The van der Waals surface area contributed by atoms with E-state index in [0.29, 0.717) is 18.2 Å². The topological polar surface area (TPSA) is 94.3 Å². The van der Waals surface area contributed by atoms with Crippen LogP contribution in [0.3, 0.4) is 0 Å². The minimum absolute atomic E-state index is 0.0693. The average Bonchev–Trinajstić information content (AvgIpc) is 2.98. The molecule has 0 saturated carbocycles. The molecule has 0 saturated heterocycles. The van der Waals surface area contributed by atoms with Gasteiger partial charge >= 0.3 is 0 Å². The number of nitrogens with zero attached hydrogens (tertiary/aromatic N) is 5. The highest BCUT2D eigenvalue weighted by molar-refractivity contribution is 5.90. The second-order valence-corrected chi connectivity index (χ2v) is 6.04. The van der Waals surface area contributed by atoms with Crippen molar-refractivity contribution in [3.63, 3.8) is 0 Å². The molecule has 25 heavy (non-hydrogen) atoms. The molecule has 130 valence electrons. The first kappa shape index (κ1) is 16.8. The maximum atomic E-state index is 12.3. The number of ether oxygens (including phenoxy) is 1. The molecule has 1 amide bonds. The zero-order chi connectivity index (χ0) is 18.0. The fourth-order valence-electron chi connectivity index (χ4n) is 2.35. The predicted octanol–water partition coefficient (Wildman–Crippen LogP) is 1.85. The Morgan fingerprint density at radius 2 is 2.08 bits per heavy atom. The minimum atomic E-state index is -0.356. The molecule has 0 aromatic carbocycles. The lowest BCUT2D eigenvalue weighted by molar-refractivity contribution is 0.0940. The van der Waals surface area contributed by atoms with Crippen LogP contribution in [-0.2, 0) is 6.54 Å². The van der Waals surface area contributed by atoms with Gasteiger partial charge < -0.3 is 10.1 Å². The van der Waals surface area contributed by atoms with Gasteiger partial charge in [0.15, 0.2) is 0 Å². The number of fused-ring (bicyclic) bond motifs is 1. The van der Waals surface area contributed by atoms with Gasteiger partial charge in [0.05, 0.1) is 6.10 Å². The maximum Gasteiger partial charge on any atom is 0.291 e. The first-order valence-electron chi connectivity index (χ1n) is 8.03. The number of nitrogens with one attached hydrogen (secondary N) is 1. The number of carbonyl (C=O) groups is 1. The van der Waals surface area contributed by atoms with Crippen LogP contribution in [0.5, 0.6) is 5.88 Å². The van der Waals surface area contributed by atoms with Crippen LogP contribution >= 0.6 is 0 Å². The Balaban J connectivity index is 1.67. The number of aromatic nitrogens is 5. The first-order valence-corrected chi connectivity index (χ1v) is 8.03. The zero-order valence-corrected chi connectivity index (χ0v) is 14.6. The van der Waals surface area contributed by atoms with E-state index in [2.05, 4.69) is 25.4 Å². The van der Waals surface area contributed by atoms with Crippen molar-refractivity contribution in [2.45, 2.75) is 40.3 Å². The van der Waals surface area contributed by atoms with E-state index in [9.17, 15) is 4.79 Å². The minimum Gasteiger partial charge on any atom is -0.475 e. The summed E-state index contributed by atoms with van der Waals surface area (Å²) in [5.74, 6) is 0.711. The lowest BCUT2D eigenvalue weighted by atomic mass is 10.3. The average molecular weight is 340 g/mol. The van der Waals surface area contributed by atoms with Crippen LogP contribution in [0.2, 0.25) is 0 Å². The number of amides is 1. The summed E-state index contributed by atoms with van der Waals surface area (Å²) in [6, 6.07) is 5.52. The first-order chi connectivity index (χ1) is 11.9. The molecule has 3 aromatic rings. The van der Waals surface area contributed by atoms with Crippen molar-refractivity contribution < 1.29 is 9.53 Å². The number of rotatable bonds is 5. The molecular formula is C17H20N6O2. The van der Waals surface area contributed by atoms with Crippen LogP contribution in [0.15, 0.2) is 24.4 Å². The van der Waals surface area contributed by atoms with Crippen LogP contribution < -0.4 is 10.1 Å². The Hall–Kier alpha value is -3.03. The third-order valence-corrected chi connectivity index (χ3v) is 3.43. The molecular weight excluding hydrogens is 320 g/mol. The van der Waals surface area contributed by atoms with Gasteiger partial charge in [-0.1, -0.05) is 6.07 Å². The molecule has 0 fully saturated rings. The van der Waals surface area contributed by atoms with Gasteiger partial charge in [0.25, 0.3) is 11.7 Å². The Bertz CT molecular complexity index is 901. The molecule has 0 radical (unpaired) electrons. The van der Waals surface area contributed by atoms with Crippen molar-refractivity contribution in [3.8, 4) is 5.88 Å². The van der Waals surface area contributed by atoms with Gasteiger partial charge in [-0.3, -0.25) is 4.79 Å². The van der Waals surface area contributed by atoms with E-state index in [1.165, 1.54) is 0 Å². The fourth-order valence-corrected chi connectivity index (χ4v) is 2.35.